The van der Waals surface area contributed by atoms with Gasteiger partial charge in [0.25, 0.3) is 0 Å². The van der Waals surface area contributed by atoms with Gasteiger partial charge in [-0.3, -0.25) is 0 Å². The van der Waals surface area contributed by atoms with Crippen LogP contribution in [0.25, 0.3) is 0 Å². The minimum absolute atomic E-state index is 0.234. The third kappa shape index (κ3) is 5.01. The van der Waals surface area contributed by atoms with Crippen LogP contribution in [0, 0.1) is 0 Å². The fraction of sp³-hybridized carbons (Fsp3) is 0.263. The summed E-state index contributed by atoms with van der Waals surface area (Å²) in [6.07, 6.45) is -11.6. The van der Waals surface area contributed by atoms with E-state index in [2.05, 4.69) is 0 Å². The Balaban J connectivity index is 2.57. The molecule has 0 radical (unpaired) electrons. The minimum atomic E-state index is -5.82. The van der Waals surface area contributed by atoms with Crippen LogP contribution in [0.1, 0.15) is 11.1 Å². The Bertz CT molecular complexity index is 841. The van der Waals surface area contributed by atoms with E-state index >= 15 is 0 Å². The summed E-state index contributed by atoms with van der Waals surface area (Å²) in [5, 5.41) is 17.1. The zero-order chi connectivity index (χ0) is 23.4. The number of carboxylic acids is 2. The molecular formula is C19H14F6O6. The Morgan fingerprint density at radius 2 is 0.935 bits per heavy atom. The van der Waals surface area contributed by atoms with Crippen molar-refractivity contribution in [1.82, 2.24) is 0 Å². The van der Waals surface area contributed by atoms with Gasteiger partial charge >= 0.3 is 24.3 Å². The lowest BCUT2D eigenvalue weighted by Crippen LogP contribution is -2.54. The molecule has 31 heavy (non-hydrogen) atoms. The van der Waals surface area contributed by atoms with Crippen molar-refractivity contribution < 1.29 is 55.6 Å². The SMILES string of the molecule is O=C(O)COc1ccc(C(c2ccc(OCC(=O)O)cc2)(C(F)(F)F)C(F)(F)F)cc1. The molecule has 2 N–H and O–H groups in total. The van der Waals surface area contributed by atoms with E-state index in [0.29, 0.717) is 24.3 Å². The highest BCUT2D eigenvalue weighted by atomic mass is 19.4. The van der Waals surface area contributed by atoms with Gasteiger partial charge in [0.2, 0.25) is 5.41 Å². The molecule has 0 fully saturated rings. The third-order valence-corrected chi connectivity index (χ3v) is 4.15. The van der Waals surface area contributed by atoms with E-state index in [-0.39, 0.29) is 11.5 Å². The second-order valence-corrected chi connectivity index (χ2v) is 6.16. The number of aliphatic carboxylic acids is 2. The van der Waals surface area contributed by atoms with E-state index in [1.165, 1.54) is 0 Å². The Morgan fingerprint density at radius 3 is 1.16 bits per heavy atom. The number of halogens is 6. The molecule has 0 heterocycles. The molecule has 0 unspecified atom stereocenters. The summed E-state index contributed by atoms with van der Waals surface area (Å²) in [7, 11) is 0. The summed E-state index contributed by atoms with van der Waals surface area (Å²) in [4.78, 5) is 21.0. The van der Waals surface area contributed by atoms with E-state index < -0.39 is 54.0 Å². The van der Waals surface area contributed by atoms with Crippen molar-refractivity contribution in [2.45, 2.75) is 17.8 Å². The summed E-state index contributed by atoms with van der Waals surface area (Å²) < 4.78 is 93.6. The van der Waals surface area contributed by atoms with Crippen molar-refractivity contribution in [3.63, 3.8) is 0 Å². The lowest BCUT2D eigenvalue weighted by atomic mass is 9.73. The maximum absolute atomic E-state index is 14.0. The molecule has 2 rings (SSSR count). The van der Waals surface area contributed by atoms with Crippen molar-refractivity contribution >= 4 is 11.9 Å². The van der Waals surface area contributed by atoms with Crippen molar-refractivity contribution in [3.05, 3.63) is 59.7 Å². The molecule has 0 aliphatic rings. The standard InChI is InChI=1S/C19H14F6O6/c20-18(21,22)17(19(23,24)25,11-1-5-13(6-2-11)30-9-15(26)27)12-3-7-14(8-4-12)31-10-16(28)29/h1-8H,9-10H2,(H,26,27)(H,28,29). The summed E-state index contributed by atoms with van der Waals surface area (Å²) in [6, 6.07) is 5.40. The van der Waals surface area contributed by atoms with Gasteiger partial charge in [0.15, 0.2) is 13.2 Å². The Hall–Kier alpha value is -3.44. The smallest absolute Gasteiger partial charge is 0.411 e. The van der Waals surface area contributed by atoms with E-state index in [0.717, 1.165) is 24.3 Å². The minimum Gasteiger partial charge on any atom is -0.482 e. The topological polar surface area (TPSA) is 93.1 Å². The van der Waals surface area contributed by atoms with Crippen LogP contribution in [-0.4, -0.2) is 47.7 Å². The second kappa shape index (κ2) is 8.74. The van der Waals surface area contributed by atoms with Gasteiger partial charge in [-0.25, -0.2) is 9.59 Å². The second-order valence-electron chi connectivity index (χ2n) is 6.16. The van der Waals surface area contributed by atoms with Gasteiger partial charge in [0.05, 0.1) is 0 Å². The molecule has 2 aromatic rings. The summed E-state index contributed by atoms with van der Waals surface area (Å²) >= 11 is 0. The zero-order valence-corrected chi connectivity index (χ0v) is 15.3. The Morgan fingerprint density at radius 1 is 0.645 bits per heavy atom. The van der Waals surface area contributed by atoms with Gasteiger partial charge in [-0.1, -0.05) is 24.3 Å². The first-order valence-electron chi connectivity index (χ1n) is 8.32. The highest BCUT2D eigenvalue weighted by Gasteiger charge is 2.72. The van der Waals surface area contributed by atoms with Gasteiger partial charge in [-0.2, -0.15) is 26.3 Å². The van der Waals surface area contributed by atoms with Crippen molar-refractivity contribution in [3.8, 4) is 11.5 Å². The Labute approximate surface area is 170 Å². The number of carbonyl (C=O) groups is 2. The highest BCUT2D eigenvalue weighted by Crippen LogP contribution is 2.56. The molecule has 12 heteroatoms. The largest absolute Gasteiger partial charge is 0.482 e. The molecule has 0 aromatic heterocycles. The van der Waals surface area contributed by atoms with E-state index in [4.69, 9.17) is 19.7 Å². The molecule has 0 spiro atoms. The zero-order valence-electron chi connectivity index (χ0n) is 15.3. The van der Waals surface area contributed by atoms with Crippen molar-refractivity contribution in [2.24, 2.45) is 0 Å². The number of alkyl halides is 6. The van der Waals surface area contributed by atoms with Crippen LogP contribution in [0.3, 0.4) is 0 Å². The van der Waals surface area contributed by atoms with Crippen LogP contribution in [0.2, 0.25) is 0 Å². The summed E-state index contributed by atoms with van der Waals surface area (Å²) in [5.41, 5.74) is -6.76. The van der Waals surface area contributed by atoms with Crippen molar-refractivity contribution in [2.75, 3.05) is 13.2 Å². The van der Waals surface area contributed by atoms with E-state index in [1.54, 1.807) is 0 Å². The summed E-state index contributed by atoms with van der Waals surface area (Å²) in [6.45, 7) is -1.67. The predicted molar refractivity (Wildman–Crippen MR) is 92.0 cm³/mol. The molecule has 0 aliphatic carbocycles. The molecule has 0 atom stereocenters. The van der Waals surface area contributed by atoms with Gasteiger partial charge < -0.3 is 19.7 Å². The monoisotopic (exact) mass is 452 g/mol. The Kier molecular flexibility index (Phi) is 6.72. The first-order chi connectivity index (χ1) is 14.3. The van der Waals surface area contributed by atoms with E-state index in [1.807, 2.05) is 0 Å². The highest BCUT2D eigenvalue weighted by molar-refractivity contribution is 5.68. The quantitative estimate of drug-likeness (QED) is 0.588. The molecule has 168 valence electrons. The first-order valence-corrected chi connectivity index (χ1v) is 8.32. The number of benzene rings is 2. The molecule has 0 aliphatic heterocycles. The number of rotatable bonds is 8. The van der Waals surface area contributed by atoms with Crippen LogP contribution in [0.15, 0.2) is 48.5 Å². The van der Waals surface area contributed by atoms with Crippen molar-refractivity contribution in [1.29, 1.82) is 0 Å². The predicted octanol–water partition coefficient (Wildman–Crippen LogP) is 4.02. The fourth-order valence-electron chi connectivity index (χ4n) is 2.87. The van der Waals surface area contributed by atoms with Crippen LogP contribution < -0.4 is 9.47 Å². The first kappa shape index (κ1) is 23.8. The lowest BCUT2D eigenvalue weighted by molar-refractivity contribution is -0.288. The normalized spacial score (nSPS) is 12.3. The average molecular weight is 452 g/mol. The molecular weight excluding hydrogens is 438 g/mol. The molecule has 6 nitrogen and oxygen atoms in total. The number of hydrogen-bond donors (Lipinski definition) is 2. The fourth-order valence-corrected chi connectivity index (χ4v) is 2.87. The van der Waals surface area contributed by atoms with Gasteiger partial charge in [-0.05, 0) is 35.4 Å². The maximum Gasteiger partial charge on any atom is 0.411 e. The van der Waals surface area contributed by atoms with Gasteiger partial charge in [-0.15, -0.1) is 0 Å². The van der Waals surface area contributed by atoms with Gasteiger partial charge in [0, 0.05) is 0 Å². The molecule has 0 amide bonds. The lowest BCUT2D eigenvalue weighted by Gasteiger charge is -2.38. The molecule has 0 saturated heterocycles. The molecule has 0 bridgehead atoms. The number of carboxylic acid groups (broad SMARTS) is 2. The molecule has 0 saturated carbocycles. The van der Waals surface area contributed by atoms with Crippen LogP contribution in [0.4, 0.5) is 26.3 Å². The van der Waals surface area contributed by atoms with E-state index in [9.17, 15) is 35.9 Å². The summed E-state index contributed by atoms with van der Waals surface area (Å²) in [5.74, 6) is -3.23. The number of hydrogen-bond acceptors (Lipinski definition) is 4. The molecule has 2 aromatic carbocycles. The van der Waals surface area contributed by atoms with Crippen LogP contribution in [-0.2, 0) is 15.0 Å². The number of ether oxygens (including phenoxy) is 2. The average Bonchev–Trinajstić information content (AvgIpc) is 2.65. The van der Waals surface area contributed by atoms with Crippen LogP contribution >= 0.6 is 0 Å². The maximum atomic E-state index is 14.0. The third-order valence-electron chi connectivity index (χ3n) is 4.15. The van der Waals surface area contributed by atoms with Gasteiger partial charge in [0.1, 0.15) is 11.5 Å². The van der Waals surface area contributed by atoms with Crippen LogP contribution in [0.5, 0.6) is 11.5 Å².